The van der Waals surface area contributed by atoms with Gasteiger partial charge in [-0.1, -0.05) is 30.3 Å². The van der Waals surface area contributed by atoms with Crippen molar-refractivity contribution in [2.45, 2.75) is 6.42 Å². The molecule has 0 amide bonds. The number of fused-ring (bicyclic) bond motifs is 1. The van der Waals surface area contributed by atoms with Crippen molar-refractivity contribution in [1.82, 2.24) is 0 Å². The van der Waals surface area contributed by atoms with E-state index in [9.17, 15) is 14.3 Å². The van der Waals surface area contributed by atoms with E-state index in [4.69, 9.17) is 4.74 Å². The van der Waals surface area contributed by atoms with Crippen LogP contribution >= 0.6 is 0 Å². The number of aromatic carboxylic acids is 1. The monoisotopic (exact) mass is 248 g/mol. The Bertz CT molecular complexity index is 566. The summed E-state index contributed by atoms with van der Waals surface area (Å²) < 4.78 is 17.3. The fourth-order valence-electron chi connectivity index (χ4n) is 1.83. The lowest BCUT2D eigenvalue weighted by Gasteiger charge is -2.10. The summed E-state index contributed by atoms with van der Waals surface area (Å²) in [5.41, 5.74) is 0.131. The molecule has 0 atom stereocenters. The molecule has 0 bridgehead atoms. The molecular weight excluding hydrogens is 235 g/mol. The topological polar surface area (TPSA) is 46.5 Å². The summed E-state index contributed by atoms with van der Waals surface area (Å²) in [5, 5.41) is 10.7. The smallest absolute Gasteiger partial charge is 0.340 e. The van der Waals surface area contributed by atoms with Crippen molar-refractivity contribution in [3.05, 3.63) is 42.0 Å². The lowest BCUT2D eigenvalue weighted by atomic mass is 10.0. The first-order valence-electron chi connectivity index (χ1n) is 5.68. The molecule has 0 saturated heterocycles. The van der Waals surface area contributed by atoms with Gasteiger partial charge in [0.05, 0.1) is 13.3 Å². The van der Waals surface area contributed by atoms with Gasteiger partial charge in [-0.15, -0.1) is 0 Å². The maximum atomic E-state index is 12.0. The van der Waals surface area contributed by atoms with Gasteiger partial charge in [0.25, 0.3) is 0 Å². The normalized spacial score (nSPS) is 10.5. The minimum absolute atomic E-state index is 0.131. The molecule has 94 valence electrons. The highest BCUT2D eigenvalue weighted by Gasteiger charge is 2.15. The maximum Gasteiger partial charge on any atom is 0.340 e. The number of hydrogen-bond acceptors (Lipinski definition) is 2. The minimum Gasteiger partial charge on any atom is -0.493 e. The van der Waals surface area contributed by atoms with Gasteiger partial charge in [0.1, 0.15) is 11.3 Å². The van der Waals surface area contributed by atoms with Gasteiger partial charge in [0, 0.05) is 6.42 Å². The lowest BCUT2D eigenvalue weighted by Crippen LogP contribution is -2.05. The Morgan fingerprint density at radius 3 is 2.72 bits per heavy atom. The van der Waals surface area contributed by atoms with Gasteiger partial charge in [-0.25, -0.2) is 4.79 Å². The number of alkyl halides is 1. The zero-order chi connectivity index (χ0) is 13.0. The van der Waals surface area contributed by atoms with Crippen molar-refractivity contribution >= 4 is 16.7 Å². The quantitative estimate of drug-likeness (QED) is 0.826. The standard InChI is InChI=1S/C14H13FO3/c15-8-3-9-18-12-7-6-10-4-1-2-5-11(10)13(12)14(16)17/h1-2,4-7H,3,8-9H2,(H,16,17). The summed E-state index contributed by atoms with van der Waals surface area (Å²) in [6, 6.07) is 10.6. The van der Waals surface area contributed by atoms with E-state index in [2.05, 4.69) is 0 Å². The largest absolute Gasteiger partial charge is 0.493 e. The average Bonchev–Trinajstić information content (AvgIpc) is 2.38. The SMILES string of the molecule is O=C(O)c1c(OCCCF)ccc2ccccc12. The molecule has 2 aromatic carbocycles. The number of hydrogen-bond donors (Lipinski definition) is 1. The van der Waals surface area contributed by atoms with Crippen LogP contribution in [0.4, 0.5) is 4.39 Å². The van der Waals surface area contributed by atoms with Crippen LogP contribution in [-0.2, 0) is 0 Å². The number of rotatable bonds is 5. The number of ether oxygens (including phenoxy) is 1. The molecule has 18 heavy (non-hydrogen) atoms. The first-order valence-corrected chi connectivity index (χ1v) is 5.68. The first-order chi connectivity index (χ1) is 8.74. The van der Waals surface area contributed by atoms with Crippen LogP contribution in [0.1, 0.15) is 16.8 Å². The van der Waals surface area contributed by atoms with Gasteiger partial charge in [-0.05, 0) is 16.8 Å². The van der Waals surface area contributed by atoms with Crippen molar-refractivity contribution in [3.63, 3.8) is 0 Å². The predicted molar refractivity (Wildman–Crippen MR) is 67.0 cm³/mol. The van der Waals surface area contributed by atoms with E-state index in [0.29, 0.717) is 5.39 Å². The number of carbonyl (C=O) groups is 1. The van der Waals surface area contributed by atoms with Crippen molar-refractivity contribution in [2.75, 3.05) is 13.3 Å². The summed E-state index contributed by atoms with van der Waals surface area (Å²) in [7, 11) is 0. The van der Waals surface area contributed by atoms with Gasteiger partial charge in [-0.3, -0.25) is 4.39 Å². The van der Waals surface area contributed by atoms with Crippen molar-refractivity contribution in [1.29, 1.82) is 0 Å². The van der Waals surface area contributed by atoms with Crippen LogP contribution in [-0.4, -0.2) is 24.4 Å². The van der Waals surface area contributed by atoms with Crippen molar-refractivity contribution < 1.29 is 19.0 Å². The molecule has 0 heterocycles. The maximum absolute atomic E-state index is 12.0. The molecule has 1 N–H and O–H groups in total. The second kappa shape index (κ2) is 5.49. The Morgan fingerprint density at radius 1 is 1.22 bits per heavy atom. The molecule has 0 aromatic heterocycles. The highest BCUT2D eigenvalue weighted by Crippen LogP contribution is 2.28. The average molecular weight is 248 g/mol. The number of carboxylic acid groups (broad SMARTS) is 1. The van der Waals surface area contributed by atoms with Gasteiger partial charge in [0.15, 0.2) is 0 Å². The summed E-state index contributed by atoms with van der Waals surface area (Å²) in [4.78, 5) is 11.3. The first kappa shape index (κ1) is 12.4. The van der Waals surface area contributed by atoms with Crippen LogP contribution in [0.2, 0.25) is 0 Å². The number of carboxylic acids is 1. The third-order valence-corrected chi connectivity index (χ3v) is 2.64. The van der Waals surface area contributed by atoms with E-state index in [0.717, 1.165) is 5.39 Å². The van der Waals surface area contributed by atoms with E-state index in [1.807, 2.05) is 12.1 Å². The molecule has 4 heteroatoms. The number of halogens is 1. The Balaban J connectivity index is 2.46. The van der Waals surface area contributed by atoms with Crippen LogP contribution in [0.25, 0.3) is 10.8 Å². The predicted octanol–water partition coefficient (Wildman–Crippen LogP) is 3.28. The molecule has 3 nitrogen and oxygen atoms in total. The second-order valence-electron chi connectivity index (χ2n) is 3.86. The molecule has 0 spiro atoms. The van der Waals surface area contributed by atoms with Crippen LogP contribution in [0, 0.1) is 0 Å². The zero-order valence-electron chi connectivity index (χ0n) is 9.73. The van der Waals surface area contributed by atoms with Crippen molar-refractivity contribution in [2.24, 2.45) is 0 Å². The Kier molecular flexibility index (Phi) is 3.77. The summed E-state index contributed by atoms with van der Waals surface area (Å²) in [5.74, 6) is -0.753. The zero-order valence-corrected chi connectivity index (χ0v) is 9.73. The second-order valence-corrected chi connectivity index (χ2v) is 3.86. The van der Waals surface area contributed by atoms with Crippen LogP contribution in [0.3, 0.4) is 0 Å². The molecular formula is C14H13FO3. The Labute approximate surface area is 104 Å². The molecule has 2 aromatic rings. The van der Waals surface area contributed by atoms with Gasteiger partial charge >= 0.3 is 5.97 Å². The van der Waals surface area contributed by atoms with Gasteiger partial charge in [-0.2, -0.15) is 0 Å². The summed E-state index contributed by atoms with van der Waals surface area (Å²) in [6.07, 6.45) is 0.256. The molecule has 0 fully saturated rings. The van der Waals surface area contributed by atoms with E-state index in [1.165, 1.54) is 0 Å². The molecule has 0 aliphatic heterocycles. The molecule has 0 aliphatic rings. The van der Waals surface area contributed by atoms with E-state index < -0.39 is 12.6 Å². The minimum atomic E-state index is -1.04. The fraction of sp³-hybridized carbons (Fsp3) is 0.214. The van der Waals surface area contributed by atoms with E-state index in [1.54, 1.807) is 24.3 Å². The summed E-state index contributed by atoms with van der Waals surface area (Å²) >= 11 is 0. The Hall–Kier alpha value is -2.10. The van der Waals surface area contributed by atoms with Crippen LogP contribution in [0.15, 0.2) is 36.4 Å². The fourth-order valence-corrected chi connectivity index (χ4v) is 1.83. The van der Waals surface area contributed by atoms with Gasteiger partial charge in [0.2, 0.25) is 0 Å². The van der Waals surface area contributed by atoms with E-state index in [-0.39, 0.29) is 24.3 Å². The molecule has 0 saturated carbocycles. The Morgan fingerprint density at radius 2 is 2.00 bits per heavy atom. The number of benzene rings is 2. The third-order valence-electron chi connectivity index (χ3n) is 2.64. The molecule has 2 rings (SSSR count). The third kappa shape index (κ3) is 2.42. The highest BCUT2D eigenvalue weighted by atomic mass is 19.1. The van der Waals surface area contributed by atoms with Crippen molar-refractivity contribution in [3.8, 4) is 5.75 Å². The lowest BCUT2D eigenvalue weighted by molar-refractivity contribution is 0.0694. The van der Waals surface area contributed by atoms with Crippen LogP contribution in [0.5, 0.6) is 5.75 Å². The highest BCUT2D eigenvalue weighted by molar-refractivity contribution is 6.06. The summed E-state index contributed by atoms with van der Waals surface area (Å²) in [6.45, 7) is -0.300. The molecule has 0 aliphatic carbocycles. The van der Waals surface area contributed by atoms with E-state index >= 15 is 0 Å². The molecule has 0 unspecified atom stereocenters. The molecule has 0 radical (unpaired) electrons. The van der Waals surface area contributed by atoms with Crippen LogP contribution < -0.4 is 4.74 Å². The van der Waals surface area contributed by atoms with Gasteiger partial charge < -0.3 is 9.84 Å².